The quantitative estimate of drug-likeness (QED) is 0.329. The summed E-state index contributed by atoms with van der Waals surface area (Å²) in [5, 5.41) is 5.24. The van der Waals surface area contributed by atoms with Crippen molar-refractivity contribution in [3.8, 4) is 11.1 Å². The summed E-state index contributed by atoms with van der Waals surface area (Å²) in [6.45, 7) is 0. The van der Waals surface area contributed by atoms with Crippen LogP contribution < -0.4 is 8.85 Å². The summed E-state index contributed by atoms with van der Waals surface area (Å²) in [5.41, 5.74) is 5.40. The van der Waals surface area contributed by atoms with Crippen molar-refractivity contribution in [1.82, 2.24) is 0 Å². The van der Waals surface area contributed by atoms with E-state index in [-0.39, 0.29) is 3.14 Å². The Hall–Kier alpha value is -0.470. The largest absolute Gasteiger partial charge is 0.177 e. The molecule has 0 saturated carbocycles. The average molecular weight is 370 g/mol. The molecule has 8 radical (unpaired) electrons. The summed E-state index contributed by atoms with van der Waals surface area (Å²) in [5.74, 6) is 0. The molecule has 0 unspecified atom stereocenters. The summed E-state index contributed by atoms with van der Waals surface area (Å²) in [4.78, 5) is 0. The highest BCUT2D eigenvalue weighted by atomic mass is 27.1. The first kappa shape index (κ1) is 16.7. The molecule has 0 bridgehead atoms. The van der Waals surface area contributed by atoms with Gasteiger partial charge in [0.15, 0.2) is 32.6 Å². The molecule has 4 aromatic rings. The zero-order valence-corrected chi connectivity index (χ0v) is 18.2. The van der Waals surface area contributed by atoms with Crippen molar-refractivity contribution in [3.63, 3.8) is 0 Å². The van der Waals surface area contributed by atoms with Gasteiger partial charge in [-0.3, -0.25) is 0 Å². The van der Waals surface area contributed by atoms with Gasteiger partial charge in [-0.1, -0.05) is 65.7 Å². The summed E-state index contributed by atoms with van der Waals surface area (Å²) in [7, 11) is 0. The summed E-state index contributed by atoms with van der Waals surface area (Å²) < 4.78 is 2.44. The van der Waals surface area contributed by atoms with Crippen LogP contribution in [-0.4, -0.2) is 65.2 Å². The molecule has 25 heavy (non-hydrogen) atoms. The maximum atomic E-state index is 3.04. The van der Waals surface area contributed by atoms with Gasteiger partial charge in [0, 0.05) is 0 Å². The fourth-order valence-electron chi connectivity index (χ4n) is 4.08. The van der Waals surface area contributed by atoms with Crippen LogP contribution in [0, 0.1) is 0 Å². The fraction of sp³-hybridized carbons (Fsp3) is 0.0476. The second kappa shape index (κ2) is 5.76. The van der Waals surface area contributed by atoms with Crippen molar-refractivity contribution >= 4 is 95.6 Å². The molecule has 1 aliphatic rings. The molecule has 0 atom stereocenters. The third-order valence-electron chi connectivity index (χ3n) is 5.35. The fourth-order valence-corrected chi connectivity index (χ4v) is 6.04. The Morgan fingerprint density at radius 1 is 0.560 bits per heavy atom. The molecular formula is C21H10Al4. The molecule has 4 aromatic carbocycles. The van der Waals surface area contributed by atoms with Crippen molar-refractivity contribution in [2.45, 2.75) is 3.14 Å². The highest BCUT2D eigenvalue weighted by molar-refractivity contribution is 6.54. The first-order valence-corrected chi connectivity index (χ1v) is 10.5. The molecule has 0 heterocycles. The van der Waals surface area contributed by atoms with Crippen LogP contribution >= 0.6 is 0 Å². The molecule has 5 rings (SSSR count). The number of fused-ring (bicyclic) bond motifs is 5. The Balaban J connectivity index is 1.98. The van der Waals surface area contributed by atoms with Crippen molar-refractivity contribution in [2.75, 3.05) is 0 Å². The van der Waals surface area contributed by atoms with Gasteiger partial charge in [0.1, 0.15) is 32.6 Å². The van der Waals surface area contributed by atoms with Crippen molar-refractivity contribution in [1.29, 1.82) is 0 Å². The van der Waals surface area contributed by atoms with Gasteiger partial charge in [-0.15, -0.1) is 12.0 Å². The van der Waals surface area contributed by atoms with E-state index in [4.69, 9.17) is 0 Å². The van der Waals surface area contributed by atoms with Gasteiger partial charge in [0.2, 0.25) is 0 Å². The Morgan fingerprint density at radius 3 is 1.80 bits per heavy atom. The zero-order valence-electron chi connectivity index (χ0n) is 13.6. The predicted molar refractivity (Wildman–Crippen MR) is 110 cm³/mol. The van der Waals surface area contributed by atoms with E-state index in [9.17, 15) is 0 Å². The van der Waals surface area contributed by atoms with Gasteiger partial charge in [-0.25, -0.2) is 0 Å². The molecule has 0 fully saturated rings. The van der Waals surface area contributed by atoms with Gasteiger partial charge in [0.05, 0.1) is 0 Å². The van der Waals surface area contributed by atoms with Crippen molar-refractivity contribution in [3.05, 3.63) is 71.8 Å². The number of hydrogen-bond acceptors (Lipinski definition) is 0. The Bertz CT molecular complexity index is 1190. The lowest BCUT2D eigenvalue weighted by molar-refractivity contribution is 1.09. The minimum absolute atomic E-state index is 0.121. The van der Waals surface area contributed by atoms with Crippen molar-refractivity contribution in [2.24, 2.45) is 0 Å². The molecule has 0 N–H and O–H groups in total. The molecular weight excluding hydrogens is 360 g/mol. The smallest absolute Gasteiger partial charge is 0.124 e. The van der Waals surface area contributed by atoms with Gasteiger partial charge >= 0.3 is 0 Å². The van der Waals surface area contributed by atoms with Crippen LogP contribution in [0.1, 0.15) is 11.1 Å². The van der Waals surface area contributed by atoms with Gasteiger partial charge in [-0.2, -0.15) is 0 Å². The summed E-state index contributed by atoms with van der Waals surface area (Å²) >= 11 is 12.0. The number of benzene rings is 4. The van der Waals surface area contributed by atoms with Crippen LogP contribution in [0.25, 0.3) is 32.7 Å². The second-order valence-corrected chi connectivity index (χ2v) is 10.4. The average Bonchev–Trinajstić information content (AvgIpc) is 2.86. The number of rotatable bonds is 0. The van der Waals surface area contributed by atoms with Gasteiger partial charge in [0.25, 0.3) is 0 Å². The Labute approximate surface area is 180 Å². The highest BCUT2D eigenvalue weighted by Crippen LogP contribution is 2.46. The van der Waals surface area contributed by atoms with Crippen LogP contribution in [0.4, 0.5) is 0 Å². The Morgan fingerprint density at radius 2 is 1.12 bits per heavy atom. The standard InChI is InChI=1S/C21H10.4Al/c1-2-6-15-10-18-13-21-19(12-17(18)9-14(15)5-1)11-16-7-3-4-8-20(16)21;;;;/h1-8,12-13H;;;;. The summed E-state index contributed by atoms with van der Waals surface area (Å²) in [6.07, 6.45) is 0. The van der Waals surface area contributed by atoms with E-state index in [1.807, 2.05) is 0 Å². The second-order valence-electron chi connectivity index (χ2n) is 6.73. The maximum Gasteiger partial charge on any atom is 0.177 e. The molecule has 0 spiro atoms. The predicted octanol–water partition coefficient (Wildman–Crippen LogP) is 2.10. The number of hydrogen-bond donors (Lipinski definition) is 0. The minimum atomic E-state index is -0.121. The van der Waals surface area contributed by atoms with Gasteiger partial charge < -0.3 is 0 Å². The van der Waals surface area contributed by atoms with E-state index < -0.39 is 0 Å². The molecule has 0 nitrogen and oxygen atoms in total. The van der Waals surface area contributed by atoms with Crippen LogP contribution in [0.15, 0.2) is 60.7 Å². The van der Waals surface area contributed by atoms with E-state index in [1.165, 1.54) is 52.6 Å². The van der Waals surface area contributed by atoms with E-state index >= 15 is 0 Å². The Kier molecular flexibility index (Phi) is 3.85. The normalized spacial score (nSPS) is 14.6. The molecule has 0 aromatic heterocycles. The SMILES string of the molecule is [Al][c]1c2ccccc2[c]([Al])c2cc3c(cc12)-c1ccccc1[C]3([Al])[Al]. The van der Waals surface area contributed by atoms with E-state index in [1.54, 1.807) is 0 Å². The molecule has 1 aliphatic carbocycles. The molecule has 0 aliphatic heterocycles. The van der Waals surface area contributed by atoms with E-state index in [0.29, 0.717) is 0 Å². The lowest BCUT2D eigenvalue weighted by atomic mass is 9.97. The third-order valence-corrected chi connectivity index (χ3v) is 7.84. The minimum Gasteiger partial charge on any atom is -0.124 e. The summed E-state index contributed by atoms with van der Waals surface area (Å²) in [6, 6.07) is 22.1. The third kappa shape index (κ3) is 2.26. The molecule has 4 heteroatoms. The first-order chi connectivity index (χ1) is 12.0. The lowest BCUT2D eigenvalue weighted by Gasteiger charge is -2.25. The first-order valence-electron chi connectivity index (χ1n) is 8.21. The zero-order chi connectivity index (χ0) is 17.3. The highest BCUT2D eigenvalue weighted by Gasteiger charge is 2.33. The van der Waals surface area contributed by atoms with Crippen molar-refractivity contribution < 1.29 is 0 Å². The molecule has 0 amide bonds. The maximum absolute atomic E-state index is 3.04. The monoisotopic (exact) mass is 370 g/mol. The van der Waals surface area contributed by atoms with E-state index in [2.05, 4.69) is 126 Å². The van der Waals surface area contributed by atoms with Gasteiger partial charge in [-0.05, 0) is 38.7 Å². The lowest BCUT2D eigenvalue weighted by Crippen LogP contribution is -2.26. The molecule has 0 saturated heterocycles. The van der Waals surface area contributed by atoms with Crippen LogP contribution in [0.5, 0.6) is 0 Å². The topological polar surface area (TPSA) is 0 Å². The van der Waals surface area contributed by atoms with E-state index in [0.717, 1.165) is 0 Å². The van der Waals surface area contributed by atoms with Crippen LogP contribution in [-0.2, 0) is 3.14 Å². The molecule has 106 valence electrons. The van der Waals surface area contributed by atoms with Crippen LogP contribution in [0.3, 0.4) is 0 Å². The van der Waals surface area contributed by atoms with Crippen LogP contribution in [0.2, 0.25) is 0 Å².